The van der Waals surface area contributed by atoms with Crippen LogP contribution < -0.4 is 5.32 Å². The number of halogens is 1. The molecule has 0 bridgehead atoms. The Hall–Kier alpha value is -1.44. The maximum absolute atomic E-state index is 13.5. The summed E-state index contributed by atoms with van der Waals surface area (Å²) in [4.78, 5) is 0. The average Bonchev–Trinajstić information content (AvgIpc) is 2.31. The third-order valence-electron chi connectivity index (χ3n) is 2.77. The fourth-order valence-electron chi connectivity index (χ4n) is 1.35. The van der Waals surface area contributed by atoms with E-state index < -0.39 is 11.4 Å². The first-order valence-corrected chi connectivity index (χ1v) is 5.60. The van der Waals surface area contributed by atoms with Crippen molar-refractivity contribution in [3.05, 3.63) is 35.1 Å². The zero-order valence-electron chi connectivity index (χ0n) is 10.1. The van der Waals surface area contributed by atoms with Crippen molar-refractivity contribution in [2.24, 2.45) is 0 Å². The zero-order chi connectivity index (χ0) is 12.9. The van der Waals surface area contributed by atoms with Crippen LogP contribution in [0.4, 0.5) is 4.39 Å². The Kier molecular flexibility index (Phi) is 4.62. The van der Waals surface area contributed by atoms with E-state index in [1.54, 1.807) is 19.1 Å². The highest BCUT2D eigenvalue weighted by Gasteiger charge is 2.16. The van der Waals surface area contributed by atoms with E-state index in [-0.39, 0.29) is 0 Å². The smallest absolute Gasteiger partial charge is 0.129 e. The fourth-order valence-corrected chi connectivity index (χ4v) is 1.35. The Morgan fingerprint density at radius 1 is 1.53 bits per heavy atom. The van der Waals surface area contributed by atoms with Crippen LogP contribution in [0.25, 0.3) is 0 Å². The zero-order valence-corrected chi connectivity index (χ0v) is 10.1. The minimum atomic E-state index is -0.775. The Bertz CT molecular complexity index is 424. The molecule has 0 aromatic heterocycles. The third kappa shape index (κ3) is 4.14. The Labute approximate surface area is 101 Å². The average molecular weight is 236 g/mol. The maximum atomic E-state index is 13.5. The van der Waals surface area contributed by atoms with E-state index in [0.717, 1.165) is 0 Å². The molecule has 0 saturated carbocycles. The van der Waals surface area contributed by atoms with Crippen LogP contribution >= 0.6 is 0 Å². The van der Waals surface area contributed by atoms with Gasteiger partial charge in [-0.2, -0.15) is 5.26 Å². The summed E-state index contributed by atoms with van der Waals surface area (Å²) in [6.07, 6.45) is 0.635. The molecule has 92 valence electrons. The molecule has 0 aliphatic carbocycles. The molecular weight excluding hydrogens is 219 g/mol. The van der Waals surface area contributed by atoms with Crippen LogP contribution in [0.1, 0.15) is 31.4 Å². The van der Waals surface area contributed by atoms with Gasteiger partial charge < -0.3 is 10.4 Å². The summed E-state index contributed by atoms with van der Waals surface area (Å²) in [5.41, 5.74) is 0.0333. The number of rotatable bonds is 5. The van der Waals surface area contributed by atoms with Crippen molar-refractivity contribution < 1.29 is 9.50 Å². The molecule has 1 rings (SSSR count). The largest absolute Gasteiger partial charge is 0.389 e. The molecule has 0 aliphatic heterocycles. The van der Waals surface area contributed by atoms with Crippen LogP contribution in [-0.4, -0.2) is 17.3 Å². The molecule has 17 heavy (non-hydrogen) atoms. The van der Waals surface area contributed by atoms with E-state index >= 15 is 0 Å². The Morgan fingerprint density at radius 3 is 2.76 bits per heavy atom. The van der Waals surface area contributed by atoms with E-state index in [1.165, 1.54) is 6.07 Å². The summed E-state index contributed by atoms with van der Waals surface area (Å²) < 4.78 is 13.5. The molecule has 3 nitrogen and oxygen atoms in total. The topological polar surface area (TPSA) is 56.0 Å². The quantitative estimate of drug-likeness (QED) is 0.821. The number of nitrogens with one attached hydrogen (secondary N) is 1. The van der Waals surface area contributed by atoms with Crippen molar-refractivity contribution in [2.75, 3.05) is 6.54 Å². The molecule has 1 unspecified atom stereocenters. The molecule has 1 aromatic carbocycles. The van der Waals surface area contributed by atoms with Gasteiger partial charge in [0, 0.05) is 18.7 Å². The van der Waals surface area contributed by atoms with Gasteiger partial charge in [0.15, 0.2) is 0 Å². The van der Waals surface area contributed by atoms with Crippen LogP contribution in [0.2, 0.25) is 0 Å². The molecule has 0 heterocycles. The molecular formula is C13H17FN2O. The molecule has 0 amide bonds. The van der Waals surface area contributed by atoms with Gasteiger partial charge in [0.1, 0.15) is 5.82 Å². The summed E-state index contributed by atoms with van der Waals surface area (Å²) >= 11 is 0. The summed E-state index contributed by atoms with van der Waals surface area (Å²) in [6, 6.07) is 6.27. The summed E-state index contributed by atoms with van der Waals surface area (Å²) in [5, 5.41) is 21.4. The summed E-state index contributed by atoms with van der Waals surface area (Å²) in [7, 11) is 0. The lowest BCUT2D eigenvalue weighted by molar-refractivity contribution is 0.0555. The minimum Gasteiger partial charge on any atom is -0.389 e. The molecule has 4 heteroatoms. The summed E-state index contributed by atoms with van der Waals surface area (Å²) in [6.45, 7) is 4.37. The van der Waals surface area contributed by atoms with Gasteiger partial charge in [-0.05, 0) is 25.5 Å². The van der Waals surface area contributed by atoms with E-state index in [9.17, 15) is 9.50 Å². The number of aliphatic hydroxyl groups is 1. The van der Waals surface area contributed by atoms with Gasteiger partial charge in [-0.25, -0.2) is 4.39 Å². The van der Waals surface area contributed by atoms with Crippen LogP contribution in [-0.2, 0) is 6.54 Å². The van der Waals surface area contributed by atoms with Gasteiger partial charge >= 0.3 is 0 Å². The number of benzene rings is 1. The first-order valence-electron chi connectivity index (χ1n) is 5.60. The van der Waals surface area contributed by atoms with Crippen molar-refractivity contribution in [3.63, 3.8) is 0 Å². The monoisotopic (exact) mass is 236 g/mol. The van der Waals surface area contributed by atoms with Gasteiger partial charge in [-0.3, -0.25) is 0 Å². The molecule has 0 saturated heterocycles. The third-order valence-corrected chi connectivity index (χ3v) is 2.77. The molecule has 0 radical (unpaired) electrons. The second-order valence-electron chi connectivity index (χ2n) is 4.37. The predicted octanol–water partition coefficient (Wildman–Crippen LogP) is 1.95. The van der Waals surface area contributed by atoms with Gasteiger partial charge in [0.25, 0.3) is 0 Å². The molecule has 1 atom stereocenters. The van der Waals surface area contributed by atoms with Crippen molar-refractivity contribution >= 4 is 0 Å². The normalized spacial score (nSPS) is 14.1. The molecule has 0 fully saturated rings. The van der Waals surface area contributed by atoms with Crippen molar-refractivity contribution in [2.45, 2.75) is 32.4 Å². The second kappa shape index (κ2) is 5.76. The van der Waals surface area contributed by atoms with Crippen LogP contribution in [0.3, 0.4) is 0 Å². The molecule has 0 aliphatic rings. The maximum Gasteiger partial charge on any atom is 0.129 e. The van der Waals surface area contributed by atoms with E-state index in [4.69, 9.17) is 5.26 Å². The van der Waals surface area contributed by atoms with Crippen molar-refractivity contribution in [1.29, 1.82) is 5.26 Å². The van der Waals surface area contributed by atoms with E-state index in [1.807, 2.05) is 13.0 Å². The first kappa shape index (κ1) is 13.6. The van der Waals surface area contributed by atoms with Crippen molar-refractivity contribution in [1.82, 2.24) is 5.32 Å². The number of hydrogen-bond donors (Lipinski definition) is 2. The van der Waals surface area contributed by atoms with Gasteiger partial charge in [-0.15, -0.1) is 0 Å². The standard InChI is InChI=1S/C13H17FN2O/c1-3-13(2,17)9-16-8-11-5-4-10(7-15)6-12(11)14/h4-6,16-17H,3,8-9H2,1-2H3. The number of nitriles is 1. The highest BCUT2D eigenvalue weighted by atomic mass is 19.1. The van der Waals surface area contributed by atoms with E-state index in [0.29, 0.717) is 30.6 Å². The SMILES string of the molecule is CCC(C)(O)CNCc1ccc(C#N)cc1F. The van der Waals surface area contributed by atoms with Crippen molar-refractivity contribution in [3.8, 4) is 6.07 Å². The van der Waals surface area contributed by atoms with Crippen LogP contribution in [0.15, 0.2) is 18.2 Å². The van der Waals surface area contributed by atoms with Gasteiger partial charge in [0.2, 0.25) is 0 Å². The number of hydrogen-bond acceptors (Lipinski definition) is 3. The lowest BCUT2D eigenvalue weighted by Crippen LogP contribution is -2.36. The van der Waals surface area contributed by atoms with Crippen LogP contribution in [0, 0.1) is 17.1 Å². The highest BCUT2D eigenvalue weighted by Crippen LogP contribution is 2.11. The Balaban J connectivity index is 2.56. The highest BCUT2D eigenvalue weighted by molar-refractivity contribution is 5.32. The fraction of sp³-hybridized carbons (Fsp3) is 0.462. The number of nitrogens with zero attached hydrogens (tertiary/aromatic N) is 1. The van der Waals surface area contributed by atoms with Crippen LogP contribution in [0.5, 0.6) is 0 Å². The van der Waals surface area contributed by atoms with E-state index in [2.05, 4.69) is 5.32 Å². The predicted molar refractivity (Wildman–Crippen MR) is 63.7 cm³/mol. The first-order chi connectivity index (χ1) is 7.98. The Morgan fingerprint density at radius 2 is 2.24 bits per heavy atom. The van der Waals surface area contributed by atoms with Gasteiger partial charge in [0.05, 0.1) is 17.2 Å². The minimum absolute atomic E-state index is 0.312. The second-order valence-corrected chi connectivity index (χ2v) is 4.37. The molecule has 2 N–H and O–H groups in total. The van der Waals surface area contributed by atoms with Gasteiger partial charge in [-0.1, -0.05) is 13.0 Å². The lowest BCUT2D eigenvalue weighted by Gasteiger charge is -2.21. The lowest BCUT2D eigenvalue weighted by atomic mass is 10.0. The molecule has 0 spiro atoms. The molecule has 1 aromatic rings. The summed E-state index contributed by atoms with van der Waals surface area (Å²) in [5.74, 6) is -0.396.